The first-order valence-corrected chi connectivity index (χ1v) is 10.2. The van der Waals surface area contributed by atoms with Gasteiger partial charge in [0.15, 0.2) is 0 Å². The van der Waals surface area contributed by atoms with Crippen LogP contribution in [-0.2, 0) is 5.32 Å². The van der Waals surface area contributed by atoms with E-state index < -0.39 is 0 Å². The second-order valence-corrected chi connectivity index (χ2v) is 8.88. The number of hydrogen-bond acceptors (Lipinski definition) is 1. The van der Waals surface area contributed by atoms with Crippen molar-refractivity contribution in [3.05, 3.63) is 35.9 Å². The van der Waals surface area contributed by atoms with Crippen molar-refractivity contribution in [1.29, 1.82) is 0 Å². The van der Waals surface area contributed by atoms with Crippen LogP contribution in [0.5, 0.6) is 0 Å². The Bertz CT molecular complexity index is 343. The fraction of sp³-hybridized carbons (Fsp3) is 0.562. The van der Waals surface area contributed by atoms with Crippen LogP contribution in [0, 0.1) is 0 Å². The number of nitrogens with zero attached hydrogens (tertiary/aromatic N) is 1. The Kier molecular flexibility index (Phi) is 9.55. The molecule has 0 saturated carbocycles. The summed E-state index contributed by atoms with van der Waals surface area (Å²) in [5, 5.41) is 1.20. The quantitative estimate of drug-likeness (QED) is 0.556. The van der Waals surface area contributed by atoms with E-state index in [0.29, 0.717) is 15.0 Å². The van der Waals surface area contributed by atoms with E-state index in [4.69, 9.17) is 0 Å². The third kappa shape index (κ3) is 7.32. The molecule has 0 aliphatic carbocycles. The molecule has 0 saturated heterocycles. The molecule has 0 radical (unpaired) electrons. The maximum absolute atomic E-state index is 3.34. The molecule has 0 aliphatic heterocycles. The fourth-order valence-electron chi connectivity index (χ4n) is 1.80. The van der Waals surface area contributed by atoms with Gasteiger partial charge in [-0.15, -0.1) is 0 Å². The molecule has 0 fully saturated rings. The Morgan fingerprint density at radius 2 is 1.63 bits per heavy atom. The fourth-order valence-corrected chi connectivity index (χ4v) is 4.61. The zero-order valence-electron chi connectivity index (χ0n) is 12.1. The monoisotopic (exact) mass is 391 g/mol. The summed E-state index contributed by atoms with van der Waals surface area (Å²) in [5.74, 6) is 0. The topological polar surface area (TPSA) is 3.24 Å². The van der Waals surface area contributed by atoms with E-state index in [0.717, 1.165) is 0 Å². The van der Waals surface area contributed by atoms with Crippen LogP contribution in [0.2, 0.25) is 0 Å². The molecule has 1 aromatic carbocycles. The van der Waals surface area contributed by atoms with Gasteiger partial charge in [0.05, 0.1) is 0 Å². The molecule has 0 heterocycles. The minimum absolute atomic E-state index is 0.544. The van der Waals surface area contributed by atoms with Gasteiger partial charge in [0.25, 0.3) is 0 Å². The van der Waals surface area contributed by atoms with Crippen molar-refractivity contribution in [3.63, 3.8) is 0 Å². The van der Waals surface area contributed by atoms with E-state index >= 15 is 0 Å². The molecule has 0 aliphatic rings. The third-order valence-electron chi connectivity index (χ3n) is 3.03. The summed E-state index contributed by atoms with van der Waals surface area (Å²) < 4.78 is 1.50. The maximum atomic E-state index is 3.34. The zero-order chi connectivity index (χ0) is 13.9. The third-order valence-corrected chi connectivity index (χ3v) is 6.92. The Labute approximate surface area is 132 Å². The number of hydrogen-bond donors (Lipinski definition) is 0. The van der Waals surface area contributed by atoms with Crippen LogP contribution in [0.1, 0.15) is 45.1 Å². The van der Waals surface area contributed by atoms with Gasteiger partial charge in [0, 0.05) is 0 Å². The van der Waals surface area contributed by atoms with Gasteiger partial charge < -0.3 is 0 Å². The Hall–Kier alpha value is -0.0710. The summed E-state index contributed by atoms with van der Waals surface area (Å²) in [6.07, 6.45) is 5.16. The summed E-state index contributed by atoms with van der Waals surface area (Å²) in [6, 6.07) is 10.8. The molecule has 0 unspecified atom stereocenters. The molecule has 0 amide bonds. The summed E-state index contributed by atoms with van der Waals surface area (Å²) in [7, 11) is 0. The molecule has 0 N–H and O–H groups in total. The van der Waals surface area contributed by atoms with Gasteiger partial charge in [0.2, 0.25) is 0 Å². The van der Waals surface area contributed by atoms with Gasteiger partial charge in [-0.05, 0) is 0 Å². The zero-order valence-corrected chi connectivity index (χ0v) is 15.5. The molecule has 0 atom stereocenters. The van der Waals surface area contributed by atoms with Crippen LogP contribution in [0.15, 0.2) is 30.3 Å². The molecule has 106 valence electrons. The van der Waals surface area contributed by atoms with Crippen molar-refractivity contribution >= 4 is 34.0 Å². The first-order chi connectivity index (χ1) is 9.27. The minimum atomic E-state index is 0.544. The van der Waals surface area contributed by atoms with E-state index in [2.05, 4.69) is 64.7 Å². The molecule has 0 bridgehead atoms. The summed E-state index contributed by atoms with van der Waals surface area (Å²) in [6.45, 7) is 6.98. The van der Waals surface area contributed by atoms with Gasteiger partial charge >= 0.3 is 133 Å². The Morgan fingerprint density at radius 1 is 1.05 bits per heavy atom. The van der Waals surface area contributed by atoms with Crippen molar-refractivity contribution in [2.45, 2.75) is 44.9 Å². The van der Waals surface area contributed by atoms with Crippen molar-refractivity contribution < 1.29 is 0 Å². The van der Waals surface area contributed by atoms with Gasteiger partial charge in [0.1, 0.15) is 0 Å². The van der Waals surface area contributed by atoms with Crippen LogP contribution in [0.25, 0.3) is 0 Å². The molecule has 0 spiro atoms. The Balaban J connectivity index is 2.41. The van der Waals surface area contributed by atoms with E-state index in [9.17, 15) is 0 Å². The predicted molar refractivity (Wildman–Crippen MR) is 88.1 cm³/mol. The normalized spacial score (nSPS) is 10.4. The number of unbranched alkanes of at least 4 members (excludes halogenated alkanes) is 2. The standard InChI is InChI=1S/C16H25NSe2/c1-3-5-12-17(13-6-4-2)16(18)19-14-15-10-8-7-9-11-15/h7-11H,3-6,12-14H2,1-2H3. The molecule has 1 rings (SSSR count). The number of rotatable bonds is 10. The summed E-state index contributed by atoms with van der Waals surface area (Å²) in [5.41, 5.74) is 1.46. The van der Waals surface area contributed by atoms with Crippen molar-refractivity contribution in [2.75, 3.05) is 13.1 Å². The first-order valence-electron chi connectivity index (χ1n) is 7.23. The van der Waals surface area contributed by atoms with E-state index in [1.54, 1.807) is 0 Å². The molecule has 1 nitrogen and oxygen atoms in total. The van der Waals surface area contributed by atoms with Crippen LogP contribution in [0.4, 0.5) is 0 Å². The second kappa shape index (κ2) is 10.7. The van der Waals surface area contributed by atoms with E-state index in [-0.39, 0.29) is 0 Å². The summed E-state index contributed by atoms with van der Waals surface area (Å²) >= 11 is 3.88. The molecule has 1 aromatic rings. The van der Waals surface area contributed by atoms with Gasteiger partial charge in [-0.2, -0.15) is 0 Å². The van der Waals surface area contributed by atoms with Crippen LogP contribution >= 0.6 is 0 Å². The van der Waals surface area contributed by atoms with Gasteiger partial charge in [-0.1, -0.05) is 0 Å². The molecule has 0 aromatic heterocycles. The van der Waals surface area contributed by atoms with E-state index in [1.807, 2.05) is 0 Å². The molecular formula is C16H25NSe2. The summed E-state index contributed by atoms with van der Waals surface area (Å²) in [4.78, 5) is 2.58. The van der Waals surface area contributed by atoms with Gasteiger partial charge in [-0.25, -0.2) is 0 Å². The average molecular weight is 389 g/mol. The molecule has 3 heteroatoms. The molecule has 19 heavy (non-hydrogen) atoms. The second-order valence-electron chi connectivity index (χ2n) is 4.73. The van der Waals surface area contributed by atoms with Crippen molar-refractivity contribution in [3.8, 4) is 0 Å². The van der Waals surface area contributed by atoms with Crippen LogP contribution in [-0.4, -0.2) is 52.0 Å². The van der Waals surface area contributed by atoms with Crippen LogP contribution in [0.3, 0.4) is 0 Å². The molecular weight excluding hydrogens is 364 g/mol. The SMILES string of the molecule is CCCCN(CCCC)C(=[Se])[Se]Cc1ccccc1. The van der Waals surface area contributed by atoms with Crippen molar-refractivity contribution in [1.82, 2.24) is 4.90 Å². The number of benzene rings is 1. The first kappa shape index (κ1) is 17.0. The average Bonchev–Trinajstić information content (AvgIpc) is 2.46. The van der Waals surface area contributed by atoms with E-state index in [1.165, 1.54) is 53.1 Å². The Morgan fingerprint density at radius 3 is 2.16 bits per heavy atom. The van der Waals surface area contributed by atoms with Crippen LogP contribution < -0.4 is 0 Å². The van der Waals surface area contributed by atoms with Crippen molar-refractivity contribution in [2.24, 2.45) is 0 Å². The van der Waals surface area contributed by atoms with Gasteiger partial charge in [-0.3, -0.25) is 0 Å². The predicted octanol–water partition coefficient (Wildman–Crippen LogP) is 3.05.